The van der Waals surface area contributed by atoms with Crippen LogP contribution in [0.25, 0.3) is 0 Å². The average molecular weight is 364 g/mol. The third-order valence-corrected chi connectivity index (χ3v) is 5.58. The number of hydrogen-bond donors (Lipinski definition) is 2. The van der Waals surface area contributed by atoms with Gasteiger partial charge in [-0.15, -0.1) is 0 Å². The van der Waals surface area contributed by atoms with Crippen molar-refractivity contribution < 1.29 is 9.59 Å². The highest BCUT2D eigenvalue weighted by molar-refractivity contribution is 6.07. The maximum atomic E-state index is 12.7. The summed E-state index contributed by atoms with van der Waals surface area (Å²) in [6, 6.07) is 9.23. The van der Waals surface area contributed by atoms with Crippen LogP contribution in [-0.4, -0.2) is 28.9 Å². The maximum Gasteiger partial charge on any atom is 0.259 e. The first kappa shape index (κ1) is 17.7. The van der Waals surface area contributed by atoms with Gasteiger partial charge >= 0.3 is 0 Å². The lowest BCUT2D eigenvalue weighted by Crippen LogP contribution is -2.52. The summed E-state index contributed by atoms with van der Waals surface area (Å²) in [6.07, 6.45) is 8.61. The highest BCUT2D eigenvalue weighted by atomic mass is 16.2. The van der Waals surface area contributed by atoms with E-state index < -0.39 is 5.54 Å². The summed E-state index contributed by atoms with van der Waals surface area (Å²) >= 11 is 0. The highest BCUT2D eigenvalue weighted by Crippen LogP contribution is 2.32. The second-order valence-electron chi connectivity index (χ2n) is 7.46. The number of nitrogens with one attached hydrogen (secondary N) is 1. The molecular formula is C21H24N4O2. The molecule has 4 rings (SSSR count). The Bertz CT molecular complexity index is 860. The molecule has 1 aromatic heterocycles. The largest absolute Gasteiger partial charge is 0.324 e. The zero-order valence-corrected chi connectivity index (χ0v) is 15.3. The summed E-state index contributed by atoms with van der Waals surface area (Å²) in [5, 5.41) is 2.98. The van der Waals surface area contributed by atoms with E-state index >= 15 is 0 Å². The van der Waals surface area contributed by atoms with Crippen molar-refractivity contribution in [3.8, 4) is 0 Å². The number of hydrogen-bond acceptors (Lipinski definition) is 4. The van der Waals surface area contributed by atoms with Gasteiger partial charge in [0.2, 0.25) is 5.91 Å². The number of carbonyl (C=O) groups is 2. The Labute approximate surface area is 158 Å². The number of rotatable bonds is 3. The number of benzene rings is 1. The van der Waals surface area contributed by atoms with Crippen LogP contribution < -0.4 is 16.0 Å². The van der Waals surface area contributed by atoms with Gasteiger partial charge in [-0.25, -0.2) is 0 Å². The number of nitrogens with two attached hydrogens (primary N) is 1. The van der Waals surface area contributed by atoms with Crippen molar-refractivity contribution in [3.05, 3.63) is 53.9 Å². The van der Waals surface area contributed by atoms with Gasteiger partial charge in [0.1, 0.15) is 0 Å². The van der Waals surface area contributed by atoms with Crippen molar-refractivity contribution in [1.29, 1.82) is 0 Å². The summed E-state index contributed by atoms with van der Waals surface area (Å²) in [6.45, 7) is 0.626. The van der Waals surface area contributed by atoms with Gasteiger partial charge in [0, 0.05) is 30.3 Å². The van der Waals surface area contributed by atoms with Crippen molar-refractivity contribution in [1.82, 2.24) is 4.98 Å². The summed E-state index contributed by atoms with van der Waals surface area (Å²) in [7, 11) is 0. The molecule has 1 aliphatic carbocycles. The van der Waals surface area contributed by atoms with Crippen molar-refractivity contribution in [3.63, 3.8) is 0 Å². The lowest BCUT2D eigenvalue weighted by Gasteiger charge is -2.31. The quantitative estimate of drug-likeness (QED) is 0.876. The van der Waals surface area contributed by atoms with E-state index in [4.69, 9.17) is 5.73 Å². The Morgan fingerprint density at radius 2 is 1.96 bits per heavy atom. The lowest BCUT2D eigenvalue weighted by atomic mass is 9.82. The molecule has 2 aromatic rings. The molecule has 0 saturated heterocycles. The lowest BCUT2D eigenvalue weighted by molar-refractivity contribution is -0.122. The van der Waals surface area contributed by atoms with Crippen molar-refractivity contribution in [2.24, 2.45) is 5.73 Å². The molecular weight excluding hydrogens is 340 g/mol. The Morgan fingerprint density at radius 1 is 1.15 bits per heavy atom. The van der Waals surface area contributed by atoms with Crippen LogP contribution in [-0.2, 0) is 11.2 Å². The molecule has 0 unspecified atom stereocenters. The van der Waals surface area contributed by atoms with E-state index in [1.165, 1.54) is 0 Å². The van der Waals surface area contributed by atoms with Crippen LogP contribution in [0.1, 0.15) is 48.0 Å². The smallest absolute Gasteiger partial charge is 0.259 e. The predicted molar refractivity (Wildman–Crippen MR) is 105 cm³/mol. The van der Waals surface area contributed by atoms with Crippen LogP contribution >= 0.6 is 0 Å². The Balaban J connectivity index is 1.50. The molecule has 6 nitrogen and oxygen atoms in total. The molecule has 27 heavy (non-hydrogen) atoms. The fourth-order valence-corrected chi connectivity index (χ4v) is 4.00. The van der Waals surface area contributed by atoms with Gasteiger partial charge in [-0.3, -0.25) is 14.6 Å². The first-order valence-electron chi connectivity index (χ1n) is 9.52. The Hall–Kier alpha value is -2.73. The zero-order chi connectivity index (χ0) is 18.9. The molecule has 1 aliphatic heterocycles. The van der Waals surface area contributed by atoms with Crippen LogP contribution in [0.4, 0.5) is 11.4 Å². The normalized spacial score (nSPS) is 18.0. The molecule has 1 fully saturated rings. The fourth-order valence-electron chi connectivity index (χ4n) is 4.00. The summed E-state index contributed by atoms with van der Waals surface area (Å²) in [4.78, 5) is 31.2. The van der Waals surface area contributed by atoms with Crippen LogP contribution in [0.15, 0.2) is 42.7 Å². The summed E-state index contributed by atoms with van der Waals surface area (Å²) in [5.74, 6) is -0.162. The zero-order valence-electron chi connectivity index (χ0n) is 15.3. The number of amides is 2. The first-order valence-corrected chi connectivity index (χ1v) is 9.52. The number of anilines is 2. The van der Waals surface area contributed by atoms with Crippen molar-refractivity contribution in [2.45, 2.75) is 44.1 Å². The molecule has 0 spiro atoms. The average Bonchev–Trinajstić information content (AvgIpc) is 3.12. The highest BCUT2D eigenvalue weighted by Gasteiger charge is 2.35. The van der Waals surface area contributed by atoms with E-state index in [1.54, 1.807) is 29.4 Å². The van der Waals surface area contributed by atoms with Crippen LogP contribution in [0.5, 0.6) is 0 Å². The molecule has 6 heteroatoms. The molecule has 2 amide bonds. The second-order valence-corrected chi connectivity index (χ2v) is 7.46. The Morgan fingerprint density at radius 3 is 2.70 bits per heavy atom. The van der Waals surface area contributed by atoms with Gasteiger partial charge in [-0.2, -0.15) is 0 Å². The van der Waals surface area contributed by atoms with Crippen molar-refractivity contribution >= 4 is 23.2 Å². The van der Waals surface area contributed by atoms with E-state index in [-0.39, 0.29) is 11.8 Å². The fraction of sp³-hybridized carbons (Fsp3) is 0.381. The van der Waals surface area contributed by atoms with E-state index in [0.29, 0.717) is 12.1 Å². The molecule has 0 atom stereocenters. The van der Waals surface area contributed by atoms with Gasteiger partial charge in [0.25, 0.3) is 5.91 Å². The SMILES string of the molecule is NC1(C(=O)Nc2ccc3c(c2)CCN3C(=O)c2cccnc2)CCCCC1. The monoisotopic (exact) mass is 364 g/mol. The number of aromatic nitrogens is 1. The van der Waals surface area contributed by atoms with E-state index in [0.717, 1.165) is 55.5 Å². The van der Waals surface area contributed by atoms with Gasteiger partial charge in [0.05, 0.1) is 11.1 Å². The minimum atomic E-state index is -0.764. The molecule has 0 radical (unpaired) electrons. The summed E-state index contributed by atoms with van der Waals surface area (Å²) in [5.41, 5.74) is 8.82. The van der Waals surface area contributed by atoms with E-state index in [1.807, 2.05) is 18.2 Å². The molecule has 1 aromatic carbocycles. The number of carbonyl (C=O) groups excluding carboxylic acids is 2. The standard InChI is InChI=1S/C21H24N4O2/c22-21(9-2-1-3-10-21)20(27)24-17-6-7-18-15(13-17)8-12-25(18)19(26)16-5-4-11-23-14-16/h4-7,11,13-14H,1-3,8-10,12,22H2,(H,24,27). The minimum Gasteiger partial charge on any atom is -0.324 e. The molecule has 2 aliphatic rings. The van der Waals surface area contributed by atoms with E-state index in [2.05, 4.69) is 10.3 Å². The number of nitrogens with zero attached hydrogens (tertiary/aromatic N) is 2. The molecule has 3 N–H and O–H groups in total. The molecule has 1 saturated carbocycles. The van der Waals surface area contributed by atoms with Crippen LogP contribution in [0.2, 0.25) is 0 Å². The minimum absolute atomic E-state index is 0.0539. The second kappa shape index (κ2) is 7.12. The number of pyridine rings is 1. The van der Waals surface area contributed by atoms with Gasteiger partial charge in [-0.05, 0) is 55.2 Å². The third kappa shape index (κ3) is 3.45. The first-order chi connectivity index (χ1) is 13.1. The van der Waals surface area contributed by atoms with Crippen LogP contribution in [0.3, 0.4) is 0 Å². The maximum absolute atomic E-state index is 12.7. The Kier molecular flexibility index (Phi) is 4.66. The van der Waals surface area contributed by atoms with Crippen molar-refractivity contribution in [2.75, 3.05) is 16.8 Å². The molecule has 0 bridgehead atoms. The van der Waals surface area contributed by atoms with E-state index in [9.17, 15) is 9.59 Å². The third-order valence-electron chi connectivity index (χ3n) is 5.58. The topological polar surface area (TPSA) is 88.3 Å². The molecule has 140 valence electrons. The summed E-state index contributed by atoms with van der Waals surface area (Å²) < 4.78 is 0. The van der Waals surface area contributed by atoms with Gasteiger partial charge < -0.3 is 16.0 Å². The van der Waals surface area contributed by atoms with Crippen LogP contribution in [0, 0.1) is 0 Å². The number of fused-ring (bicyclic) bond motifs is 1. The van der Waals surface area contributed by atoms with Gasteiger partial charge in [-0.1, -0.05) is 19.3 Å². The molecule has 2 heterocycles. The van der Waals surface area contributed by atoms with Gasteiger partial charge in [0.15, 0.2) is 0 Å². The predicted octanol–water partition coefficient (Wildman–Crippen LogP) is 2.88.